The highest BCUT2D eigenvalue weighted by Crippen LogP contribution is 2.28. The van der Waals surface area contributed by atoms with Gasteiger partial charge in [-0.15, -0.1) is 0 Å². The van der Waals surface area contributed by atoms with Gasteiger partial charge in [0.2, 0.25) is 5.95 Å². The number of carbonyl (C=O) groups is 1. The molecule has 0 saturated carbocycles. The number of nitrogens with one attached hydrogen (secondary N) is 1. The molecular weight excluding hydrogens is 470 g/mol. The number of carbonyl (C=O) groups excluding carboxylic acids is 1. The van der Waals surface area contributed by atoms with E-state index in [-0.39, 0.29) is 23.7 Å². The summed E-state index contributed by atoms with van der Waals surface area (Å²) in [5, 5.41) is 4.47. The van der Waals surface area contributed by atoms with Crippen LogP contribution < -0.4 is 20.5 Å². The number of benzene rings is 1. The molecular formula is C25H30ClN5O4. The van der Waals surface area contributed by atoms with Gasteiger partial charge >= 0.3 is 0 Å². The monoisotopic (exact) mass is 499 g/mol. The summed E-state index contributed by atoms with van der Waals surface area (Å²) in [6.45, 7) is 4.19. The zero-order chi connectivity index (χ0) is 24.8. The van der Waals surface area contributed by atoms with E-state index in [9.17, 15) is 9.59 Å². The van der Waals surface area contributed by atoms with Gasteiger partial charge in [-0.3, -0.25) is 9.59 Å². The molecule has 0 spiro atoms. The van der Waals surface area contributed by atoms with Crippen LogP contribution >= 0.6 is 11.6 Å². The van der Waals surface area contributed by atoms with Crippen molar-refractivity contribution in [2.24, 2.45) is 0 Å². The number of hydrogen-bond acceptors (Lipinski definition) is 8. The third kappa shape index (κ3) is 5.91. The molecule has 10 heteroatoms. The van der Waals surface area contributed by atoms with Crippen LogP contribution in [0.4, 0.5) is 17.5 Å². The van der Waals surface area contributed by atoms with Crippen molar-refractivity contribution in [2.45, 2.75) is 39.2 Å². The van der Waals surface area contributed by atoms with Crippen LogP contribution in [0, 0.1) is 0 Å². The molecule has 0 unspecified atom stereocenters. The van der Waals surface area contributed by atoms with Crippen molar-refractivity contribution in [3.8, 4) is 5.75 Å². The second kappa shape index (κ2) is 11.5. The van der Waals surface area contributed by atoms with Crippen LogP contribution in [0.1, 0.15) is 32.6 Å². The molecule has 1 aromatic carbocycles. The van der Waals surface area contributed by atoms with Gasteiger partial charge in [-0.2, -0.15) is 4.98 Å². The Labute approximate surface area is 209 Å². The summed E-state index contributed by atoms with van der Waals surface area (Å²) in [6.07, 6.45) is 5.43. The number of fused-ring (bicyclic) bond motifs is 1. The Balaban J connectivity index is 1.67. The molecule has 0 aliphatic carbocycles. The lowest BCUT2D eigenvalue weighted by atomic mass is 10.1. The van der Waals surface area contributed by atoms with Crippen molar-refractivity contribution >= 4 is 45.7 Å². The van der Waals surface area contributed by atoms with Crippen molar-refractivity contribution in [3.05, 3.63) is 45.8 Å². The maximum absolute atomic E-state index is 13.0. The molecule has 3 aromatic rings. The summed E-state index contributed by atoms with van der Waals surface area (Å²) < 4.78 is 12.4. The normalized spacial score (nSPS) is 13.7. The Kier molecular flexibility index (Phi) is 8.20. The lowest BCUT2D eigenvalue weighted by molar-refractivity contribution is -0.120. The molecule has 0 atom stereocenters. The predicted molar refractivity (Wildman–Crippen MR) is 137 cm³/mol. The molecule has 0 bridgehead atoms. The lowest BCUT2D eigenvalue weighted by Gasteiger charge is -2.26. The van der Waals surface area contributed by atoms with E-state index in [1.54, 1.807) is 30.9 Å². The molecule has 0 radical (unpaired) electrons. The van der Waals surface area contributed by atoms with Crippen LogP contribution in [-0.2, 0) is 16.1 Å². The third-order valence-corrected chi connectivity index (χ3v) is 6.27. The number of rotatable bonds is 10. The molecule has 1 aliphatic rings. The number of ether oxygens (including phenoxy) is 2. The fourth-order valence-corrected chi connectivity index (χ4v) is 4.17. The van der Waals surface area contributed by atoms with Gasteiger partial charge in [-0.1, -0.05) is 18.5 Å². The van der Waals surface area contributed by atoms with Gasteiger partial charge < -0.3 is 24.3 Å². The minimum absolute atomic E-state index is 0.0775. The van der Waals surface area contributed by atoms with Gasteiger partial charge in [-0.05, 0) is 43.5 Å². The molecule has 4 rings (SSSR count). The molecule has 1 saturated heterocycles. The highest BCUT2D eigenvalue weighted by Gasteiger charge is 2.16. The van der Waals surface area contributed by atoms with Crippen molar-refractivity contribution in [2.75, 3.05) is 43.6 Å². The van der Waals surface area contributed by atoms with Crippen molar-refractivity contribution < 1.29 is 14.3 Å². The molecule has 186 valence electrons. The standard InChI is InChI=1S/C25H30ClN5O4/c1-3-19(32)16-35-22-14-17-13-18(7-8-21(17)31(24(22)33)11-12-34-2)28-23-20(26)15-27-25(29-23)30-9-5-4-6-10-30/h7-8,13-15H,3-6,9-12,16H2,1-2H3,(H,27,28,29). The molecule has 1 N–H and O–H groups in total. The Bertz CT molecular complexity index is 1260. The third-order valence-electron chi connectivity index (χ3n) is 6.00. The summed E-state index contributed by atoms with van der Waals surface area (Å²) >= 11 is 6.40. The van der Waals surface area contributed by atoms with E-state index in [0.29, 0.717) is 36.4 Å². The number of pyridine rings is 1. The maximum atomic E-state index is 13.0. The number of ketones is 1. The fourth-order valence-electron chi connectivity index (χ4n) is 4.04. The number of anilines is 3. The van der Waals surface area contributed by atoms with Gasteiger partial charge in [0, 0.05) is 44.2 Å². The molecule has 0 amide bonds. The van der Waals surface area contributed by atoms with Crippen LogP contribution in [0.5, 0.6) is 5.75 Å². The predicted octanol–water partition coefficient (Wildman–Crippen LogP) is 4.18. The molecule has 1 fully saturated rings. The summed E-state index contributed by atoms with van der Waals surface area (Å²) in [7, 11) is 1.58. The average Bonchev–Trinajstić information content (AvgIpc) is 2.88. The van der Waals surface area contributed by atoms with E-state index < -0.39 is 0 Å². The maximum Gasteiger partial charge on any atom is 0.293 e. The number of halogens is 1. The SMILES string of the molecule is CCC(=O)COc1cc2cc(Nc3nc(N4CCCCC4)ncc3Cl)ccc2n(CCOC)c1=O. The second-order valence-electron chi connectivity index (χ2n) is 8.45. The van der Waals surface area contributed by atoms with E-state index in [0.717, 1.165) is 42.5 Å². The second-order valence-corrected chi connectivity index (χ2v) is 8.86. The van der Waals surface area contributed by atoms with Gasteiger partial charge in [0.25, 0.3) is 5.56 Å². The first kappa shape index (κ1) is 24.9. The van der Waals surface area contributed by atoms with E-state index in [4.69, 9.17) is 21.1 Å². The van der Waals surface area contributed by atoms with Crippen LogP contribution in [0.3, 0.4) is 0 Å². The number of hydrogen-bond donors (Lipinski definition) is 1. The summed E-state index contributed by atoms with van der Waals surface area (Å²) in [5.41, 5.74) is 1.17. The van der Waals surface area contributed by atoms with Gasteiger partial charge in [0.05, 0.1) is 18.3 Å². The van der Waals surface area contributed by atoms with Gasteiger partial charge in [-0.25, -0.2) is 4.98 Å². The first-order valence-corrected chi connectivity index (χ1v) is 12.2. The van der Waals surface area contributed by atoms with Crippen molar-refractivity contribution in [1.82, 2.24) is 14.5 Å². The van der Waals surface area contributed by atoms with Gasteiger partial charge in [0.1, 0.15) is 11.6 Å². The first-order valence-electron chi connectivity index (χ1n) is 11.9. The zero-order valence-corrected chi connectivity index (χ0v) is 20.8. The highest BCUT2D eigenvalue weighted by molar-refractivity contribution is 6.32. The quantitative estimate of drug-likeness (QED) is 0.443. The van der Waals surface area contributed by atoms with Crippen LogP contribution in [0.25, 0.3) is 10.9 Å². The zero-order valence-electron chi connectivity index (χ0n) is 20.1. The average molecular weight is 500 g/mol. The smallest absolute Gasteiger partial charge is 0.293 e. The topological polar surface area (TPSA) is 98.6 Å². The molecule has 35 heavy (non-hydrogen) atoms. The van der Waals surface area contributed by atoms with E-state index >= 15 is 0 Å². The van der Waals surface area contributed by atoms with Crippen LogP contribution in [-0.4, -0.2) is 53.7 Å². The Morgan fingerprint density at radius 1 is 1.20 bits per heavy atom. The Hall–Kier alpha value is -3.17. The van der Waals surface area contributed by atoms with Crippen LogP contribution in [0.2, 0.25) is 5.02 Å². The number of piperidine rings is 1. The van der Waals surface area contributed by atoms with Gasteiger partial charge in [0.15, 0.2) is 17.4 Å². The van der Waals surface area contributed by atoms with Crippen molar-refractivity contribution in [1.29, 1.82) is 0 Å². The van der Waals surface area contributed by atoms with E-state index in [1.165, 1.54) is 6.42 Å². The summed E-state index contributed by atoms with van der Waals surface area (Å²) in [5.74, 6) is 1.22. The minimum Gasteiger partial charge on any atom is -0.480 e. The Morgan fingerprint density at radius 3 is 2.74 bits per heavy atom. The molecule has 9 nitrogen and oxygen atoms in total. The van der Waals surface area contributed by atoms with E-state index in [1.807, 2.05) is 18.2 Å². The fraction of sp³-hybridized carbons (Fsp3) is 0.440. The lowest BCUT2D eigenvalue weighted by Crippen LogP contribution is -2.31. The largest absolute Gasteiger partial charge is 0.480 e. The highest BCUT2D eigenvalue weighted by atomic mass is 35.5. The van der Waals surface area contributed by atoms with Crippen molar-refractivity contribution in [3.63, 3.8) is 0 Å². The summed E-state index contributed by atoms with van der Waals surface area (Å²) in [4.78, 5) is 36.0. The Morgan fingerprint density at radius 2 is 2.00 bits per heavy atom. The molecule has 3 heterocycles. The number of methoxy groups -OCH3 is 1. The number of nitrogens with zero attached hydrogens (tertiary/aromatic N) is 4. The number of Topliss-reactive ketones (excluding diaryl/α,β-unsaturated/α-hetero) is 1. The molecule has 2 aromatic heterocycles. The first-order chi connectivity index (χ1) is 17.0. The number of aromatic nitrogens is 3. The molecule has 1 aliphatic heterocycles. The van der Waals surface area contributed by atoms with E-state index in [2.05, 4.69) is 20.2 Å². The van der Waals surface area contributed by atoms with Crippen LogP contribution in [0.15, 0.2) is 35.3 Å². The minimum atomic E-state index is -0.302. The summed E-state index contributed by atoms with van der Waals surface area (Å²) in [6, 6.07) is 7.28.